The Labute approximate surface area is 165 Å². The lowest BCUT2D eigenvalue weighted by atomic mass is 9.90. The first-order valence-corrected chi connectivity index (χ1v) is 9.89. The molecule has 2 heterocycles. The van der Waals surface area contributed by atoms with Gasteiger partial charge in [0.2, 0.25) is 0 Å². The van der Waals surface area contributed by atoms with Crippen LogP contribution in [0, 0.1) is 13.8 Å². The number of fused-ring (bicyclic) bond motifs is 1. The summed E-state index contributed by atoms with van der Waals surface area (Å²) < 4.78 is 1.56. The van der Waals surface area contributed by atoms with Gasteiger partial charge in [0.15, 0.2) is 0 Å². The van der Waals surface area contributed by atoms with Gasteiger partial charge in [0.05, 0.1) is 29.4 Å². The molecule has 2 aromatic carbocycles. The first kappa shape index (κ1) is 18.8. The van der Waals surface area contributed by atoms with E-state index in [-0.39, 0.29) is 5.56 Å². The predicted octanol–water partition coefficient (Wildman–Crippen LogP) is 3.04. The van der Waals surface area contributed by atoms with Crippen LogP contribution in [0.15, 0.2) is 53.6 Å². The van der Waals surface area contributed by atoms with Crippen LogP contribution in [0.1, 0.15) is 29.5 Å². The number of hydrogen-bond donors (Lipinski definition) is 1. The molecule has 0 atom stereocenters. The molecule has 1 fully saturated rings. The topological polar surface area (TPSA) is 58.4 Å². The van der Waals surface area contributed by atoms with E-state index in [0.29, 0.717) is 30.3 Å². The van der Waals surface area contributed by atoms with Gasteiger partial charge in [0, 0.05) is 19.6 Å². The van der Waals surface area contributed by atoms with E-state index in [9.17, 15) is 9.90 Å². The van der Waals surface area contributed by atoms with Crippen molar-refractivity contribution in [3.05, 3.63) is 75.8 Å². The molecule has 0 aliphatic carbocycles. The van der Waals surface area contributed by atoms with Crippen LogP contribution in [-0.2, 0) is 13.1 Å². The molecule has 146 valence electrons. The summed E-state index contributed by atoms with van der Waals surface area (Å²) in [5.41, 5.74) is 3.67. The fourth-order valence-corrected chi connectivity index (χ4v) is 4.03. The number of aliphatic hydroxyl groups is 1. The number of aryl methyl sites for hydroxylation is 2. The summed E-state index contributed by atoms with van der Waals surface area (Å²) in [6.07, 6.45) is 2.86. The van der Waals surface area contributed by atoms with Gasteiger partial charge in [-0.15, -0.1) is 0 Å². The Bertz CT molecular complexity index is 1050. The number of hydrogen-bond acceptors (Lipinski definition) is 4. The standard InChI is InChI=1S/C23H27N3O2/c1-17-7-8-18(2)19(13-17)14-25-11-9-23(28,10-12-25)15-26-16-24-21-6-4-3-5-20(21)22(26)27/h3-8,13,16,28H,9-12,14-15H2,1-2H3. The molecule has 0 unspecified atom stereocenters. The molecule has 4 rings (SSSR count). The Morgan fingerprint density at radius 2 is 1.86 bits per heavy atom. The van der Waals surface area contributed by atoms with Gasteiger partial charge in [-0.05, 0) is 49.9 Å². The van der Waals surface area contributed by atoms with E-state index in [4.69, 9.17) is 0 Å². The molecule has 5 heteroatoms. The third kappa shape index (κ3) is 3.86. The fraction of sp³-hybridized carbons (Fsp3) is 0.391. The second kappa shape index (κ2) is 7.49. The van der Waals surface area contributed by atoms with Crippen molar-refractivity contribution in [2.24, 2.45) is 0 Å². The van der Waals surface area contributed by atoms with Gasteiger partial charge < -0.3 is 5.11 Å². The van der Waals surface area contributed by atoms with Crippen LogP contribution in [0.25, 0.3) is 10.9 Å². The third-order valence-corrected chi connectivity index (χ3v) is 5.88. The number of likely N-dealkylation sites (tertiary alicyclic amines) is 1. The number of aromatic nitrogens is 2. The van der Waals surface area contributed by atoms with Crippen molar-refractivity contribution < 1.29 is 5.11 Å². The molecule has 0 radical (unpaired) electrons. The van der Waals surface area contributed by atoms with Crippen molar-refractivity contribution in [2.75, 3.05) is 13.1 Å². The Hall–Kier alpha value is -2.50. The molecule has 5 nitrogen and oxygen atoms in total. The van der Waals surface area contributed by atoms with Crippen molar-refractivity contribution in [3.8, 4) is 0 Å². The monoisotopic (exact) mass is 377 g/mol. The van der Waals surface area contributed by atoms with Gasteiger partial charge in [-0.25, -0.2) is 4.98 Å². The van der Waals surface area contributed by atoms with E-state index in [1.54, 1.807) is 17.0 Å². The molecule has 1 N–H and O–H groups in total. The normalized spacial score (nSPS) is 17.1. The molecule has 0 bridgehead atoms. The highest BCUT2D eigenvalue weighted by Crippen LogP contribution is 2.25. The number of para-hydroxylation sites is 1. The zero-order chi connectivity index (χ0) is 19.7. The second-order valence-corrected chi connectivity index (χ2v) is 8.13. The summed E-state index contributed by atoms with van der Waals surface area (Å²) in [4.78, 5) is 19.5. The van der Waals surface area contributed by atoms with E-state index < -0.39 is 5.60 Å². The minimum absolute atomic E-state index is 0.0863. The highest BCUT2D eigenvalue weighted by molar-refractivity contribution is 5.76. The molecular weight excluding hydrogens is 350 g/mol. The van der Waals surface area contributed by atoms with Crippen LogP contribution in [0.2, 0.25) is 0 Å². The molecule has 28 heavy (non-hydrogen) atoms. The van der Waals surface area contributed by atoms with Crippen molar-refractivity contribution in [3.63, 3.8) is 0 Å². The van der Waals surface area contributed by atoms with Gasteiger partial charge in [-0.2, -0.15) is 0 Å². The summed E-state index contributed by atoms with van der Waals surface area (Å²) >= 11 is 0. The number of piperidine rings is 1. The average Bonchev–Trinajstić information content (AvgIpc) is 2.69. The van der Waals surface area contributed by atoms with Gasteiger partial charge >= 0.3 is 0 Å². The summed E-state index contributed by atoms with van der Waals surface area (Å²) in [6.45, 7) is 7.10. The molecular formula is C23H27N3O2. The number of benzene rings is 2. The summed E-state index contributed by atoms with van der Waals surface area (Å²) in [5.74, 6) is 0. The number of rotatable bonds is 4. The summed E-state index contributed by atoms with van der Waals surface area (Å²) in [5, 5.41) is 11.7. The minimum atomic E-state index is -0.869. The maximum atomic E-state index is 12.7. The summed E-state index contributed by atoms with van der Waals surface area (Å²) in [7, 11) is 0. The van der Waals surface area contributed by atoms with Crippen LogP contribution >= 0.6 is 0 Å². The maximum absolute atomic E-state index is 12.7. The van der Waals surface area contributed by atoms with E-state index in [0.717, 1.165) is 19.6 Å². The van der Waals surface area contributed by atoms with Gasteiger partial charge in [-0.1, -0.05) is 35.9 Å². The van der Waals surface area contributed by atoms with Gasteiger partial charge in [0.1, 0.15) is 0 Å². The molecule has 0 amide bonds. The van der Waals surface area contributed by atoms with Gasteiger partial charge in [0.25, 0.3) is 5.56 Å². The van der Waals surface area contributed by atoms with Crippen molar-refractivity contribution in [2.45, 2.75) is 45.4 Å². The Morgan fingerprint density at radius 1 is 1.11 bits per heavy atom. The van der Waals surface area contributed by atoms with Crippen molar-refractivity contribution in [1.82, 2.24) is 14.5 Å². The van der Waals surface area contributed by atoms with Gasteiger partial charge in [-0.3, -0.25) is 14.3 Å². The maximum Gasteiger partial charge on any atom is 0.261 e. The van der Waals surface area contributed by atoms with Crippen LogP contribution < -0.4 is 5.56 Å². The van der Waals surface area contributed by atoms with E-state index >= 15 is 0 Å². The highest BCUT2D eigenvalue weighted by atomic mass is 16.3. The zero-order valence-corrected chi connectivity index (χ0v) is 16.6. The summed E-state index contributed by atoms with van der Waals surface area (Å²) in [6, 6.07) is 13.9. The largest absolute Gasteiger partial charge is 0.388 e. The molecule has 0 saturated carbocycles. The lowest BCUT2D eigenvalue weighted by molar-refractivity contribution is -0.0365. The smallest absolute Gasteiger partial charge is 0.261 e. The highest BCUT2D eigenvalue weighted by Gasteiger charge is 2.33. The Balaban J connectivity index is 1.44. The first-order valence-electron chi connectivity index (χ1n) is 9.89. The van der Waals surface area contributed by atoms with E-state index in [1.807, 2.05) is 18.2 Å². The van der Waals surface area contributed by atoms with E-state index in [2.05, 4.69) is 41.9 Å². The Kier molecular flexibility index (Phi) is 5.04. The zero-order valence-electron chi connectivity index (χ0n) is 16.6. The minimum Gasteiger partial charge on any atom is -0.388 e. The van der Waals surface area contributed by atoms with E-state index in [1.165, 1.54) is 16.7 Å². The molecule has 0 spiro atoms. The van der Waals surface area contributed by atoms with Crippen LogP contribution in [0.4, 0.5) is 0 Å². The Morgan fingerprint density at radius 3 is 2.64 bits per heavy atom. The lowest BCUT2D eigenvalue weighted by Gasteiger charge is -2.38. The molecule has 1 aliphatic rings. The SMILES string of the molecule is Cc1ccc(C)c(CN2CCC(O)(Cn3cnc4ccccc4c3=O)CC2)c1. The number of nitrogens with zero attached hydrogens (tertiary/aromatic N) is 3. The van der Waals surface area contributed by atoms with Crippen LogP contribution in [0.3, 0.4) is 0 Å². The fourth-order valence-electron chi connectivity index (χ4n) is 4.03. The first-order chi connectivity index (χ1) is 13.4. The third-order valence-electron chi connectivity index (χ3n) is 5.88. The molecule has 1 saturated heterocycles. The average molecular weight is 377 g/mol. The predicted molar refractivity (Wildman–Crippen MR) is 111 cm³/mol. The molecule has 1 aromatic heterocycles. The van der Waals surface area contributed by atoms with Crippen molar-refractivity contribution >= 4 is 10.9 Å². The second-order valence-electron chi connectivity index (χ2n) is 8.13. The van der Waals surface area contributed by atoms with Crippen LogP contribution in [0.5, 0.6) is 0 Å². The quantitative estimate of drug-likeness (QED) is 0.759. The lowest BCUT2D eigenvalue weighted by Crippen LogP contribution is -2.47. The van der Waals surface area contributed by atoms with Crippen molar-refractivity contribution in [1.29, 1.82) is 0 Å². The molecule has 1 aliphatic heterocycles. The van der Waals surface area contributed by atoms with Crippen LogP contribution in [-0.4, -0.2) is 38.2 Å². The molecule has 3 aromatic rings.